The first-order valence-corrected chi connectivity index (χ1v) is 6.78. The molecule has 2 atom stereocenters. The molecule has 1 fully saturated rings. The second-order valence-electron chi connectivity index (χ2n) is 5.69. The average Bonchev–Trinajstić information content (AvgIpc) is 2.38. The zero-order valence-corrected chi connectivity index (χ0v) is 11.5. The van der Waals surface area contributed by atoms with Crippen LogP contribution in [0.2, 0.25) is 0 Å². The highest BCUT2D eigenvalue weighted by atomic mass is 16.5. The van der Waals surface area contributed by atoms with E-state index in [2.05, 4.69) is 18.8 Å². The van der Waals surface area contributed by atoms with Crippen LogP contribution >= 0.6 is 0 Å². The van der Waals surface area contributed by atoms with Crippen LogP contribution in [-0.4, -0.2) is 17.2 Å². The van der Waals surface area contributed by atoms with Crippen molar-refractivity contribution in [3.8, 4) is 5.75 Å². The molecule has 0 saturated heterocycles. The molecule has 0 amide bonds. The fourth-order valence-electron chi connectivity index (χ4n) is 2.98. The van der Waals surface area contributed by atoms with Gasteiger partial charge in [-0.25, -0.2) is 0 Å². The highest BCUT2D eigenvalue weighted by Crippen LogP contribution is 2.44. The van der Waals surface area contributed by atoms with Crippen molar-refractivity contribution >= 4 is 0 Å². The van der Waals surface area contributed by atoms with E-state index in [0.29, 0.717) is 23.3 Å². The third kappa shape index (κ3) is 2.51. The molecule has 18 heavy (non-hydrogen) atoms. The van der Waals surface area contributed by atoms with Crippen LogP contribution in [0.25, 0.3) is 0 Å². The number of pyridine rings is 1. The third-order valence-corrected chi connectivity index (χ3v) is 4.14. The smallest absolute Gasteiger partial charge is 0.143 e. The van der Waals surface area contributed by atoms with Crippen molar-refractivity contribution in [3.63, 3.8) is 0 Å². The number of rotatable bonds is 3. The van der Waals surface area contributed by atoms with Crippen LogP contribution in [0.5, 0.6) is 5.75 Å². The molecule has 0 radical (unpaired) electrons. The minimum Gasteiger partial charge on any atom is -0.495 e. The van der Waals surface area contributed by atoms with Gasteiger partial charge in [0.25, 0.3) is 0 Å². The highest BCUT2D eigenvalue weighted by Gasteiger charge is 2.39. The average molecular weight is 249 g/mol. The Morgan fingerprint density at radius 1 is 1.50 bits per heavy atom. The molecule has 0 bridgehead atoms. The number of nitrogens with zero attached hydrogens (tertiary/aromatic N) is 1. The van der Waals surface area contributed by atoms with E-state index in [1.807, 2.05) is 12.1 Å². The van der Waals surface area contributed by atoms with Crippen molar-refractivity contribution in [2.45, 2.75) is 45.1 Å². The third-order valence-electron chi connectivity index (χ3n) is 4.14. The summed E-state index contributed by atoms with van der Waals surface area (Å²) >= 11 is 0. The number of ether oxygens (including phenoxy) is 1. The summed E-state index contributed by atoms with van der Waals surface area (Å²) in [7, 11) is 1.63. The van der Waals surface area contributed by atoms with Gasteiger partial charge in [0.1, 0.15) is 17.0 Å². The molecule has 1 saturated carbocycles. The number of hydrogen-bond donors (Lipinski definition) is 1. The molecule has 1 N–H and O–H groups in total. The summed E-state index contributed by atoms with van der Waals surface area (Å²) in [5.74, 6) is 1.87. The maximum Gasteiger partial charge on any atom is 0.143 e. The first kappa shape index (κ1) is 13.3. The van der Waals surface area contributed by atoms with Crippen LogP contribution < -0.4 is 4.74 Å². The Morgan fingerprint density at radius 2 is 2.28 bits per heavy atom. The van der Waals surface area contributed by atoms with Gasteiger partial charge >= 0.3 is 0 Å². The molecule has 3 heteroatoms. The fourth-order valence-corrected chi connectivity index (χ4v) is 2.98. The molecule has 100 valence electrons. The first-order chi connectivity index (χ1) is 8.57. The first-order valence-electron chi connectivity index (χ1n) is 6.78. The van der Waals surface area contributed by atoms with Gasteiger partial charge in [0.05, 0.1) is 7.11 Å². The zero-order valence-electron chi connectivity index (χ0n) is 11.5. The van der Waals surface area contributed by atoms with E-state index < -0.39 is 5.60 Å². The van der Waals surface area contributed by atoms with Crippen molar-refractivity contribution in [1.29, 1.82) is 0 Å². The van der Waals surface area contributed by atoms with Gasteiger partial charge in [-0.1, -0.05) is 13.8 Å². The molecular formula is C15H23NO2. The molecule has 1 aromatic heterocycles. The molecule has 2 rings (SSSR count). The van der Waals surface area contributed by atoms with Crippen LogP contribution in [0.4, 0.5) is 0 Å². The topological polar surface area (TPSA) is 42.4 Å². The van der Waals surface area contributed by atoms with Gasteiger partial charge in [-0.05, 0) is 49.7 Å². The van der Waals surface area contributed by atoms with E-state index in [4.69, 9.17) is 4.74 Å². The quantitative estimate of drug-likeness (QED) is 0.895. The highest BCUT2D eigenvalue weighted by molar-refractivity contribution is 5.32. The summed E-state index contributed by atoms with van der Waals surface area (Å²) in [5, 5.41) is 10.9. The van der Waals surface area contributed by atoms with Crippen molar-refractivity contribution < 1.29 is 9.84 Å². The van der Waals surface area contributed by atoms with Crippen LogP contribution in [0.15, 0.2) is 18.3 Å². The molecule has 1 aliphatic carbocycles. The van der Waals surface area contributed by atoms with Crippen molar-refractivity contribution in [2.75, 3.05) is 7.11 Å². The summed E-state index contributed by atoms with van der Waals surface area (Å²) in [5.41, 5.74) is -0.113. The molecule has 0 aliphatic heterocycles. The number of hydrogen-bond acceptors (Lipinski definition) is 3. The fraction of sp³-hybridized carbons (Fsp3) is 0.667. The molecule has 1 heterocycles. The van der Waals surface area contributed by atoms with Gasteiger partial charge < -0.3 is 9.84 Å². The van der Waals surface area contributed by atoms with E-state index in [1.165, 1.54) is 6.42 Å². The van der Waals surface area contributed by atoms with Gasteiger partial charge in [0, 0.05) is 6.20 Å². The second-order valence-corrected chi connectivity index (χ2v) is 5.69. The van der Waals surface area contributed by atoms with Crippen LogP contribution in [-0.2, 0) is 5.60 Å². The van der Waals surface area contributed by atoms with E-state index in [9.17, 15) is 5.11 Å². The molecule has 1 aliphatic rings. The minimum atomic E-state index is -0.820. The Morgan fingerprint density at radius 3 is 2.94 bits per heavy atom. The van der Waals surface area contributed by atoms with E-state index >= 15 is 0 Å². The van der Waals surface area contributed by atoms with E-state index in [0.717, 1.165) is 19.3 Å². The molecule has 0 aromatic carbocycles. The Balaban J connectivity index is 2.29. The number of aromatic nitrogens is 1. The molecule has 1 aromatic rings. The lowest BCUT2D eigenvalue weighted by atomic mass is 9.72. The lowest BCUT2D eigenvalue weighted by molar-refractivity contribution is -0.0347. The largest absolute Gasteiger partial charge is 0.495 e. The Hall–Kier alpha value is -1.09. The maximum absolute atomic E-state index is 10.9. The lowest BCUT2D eigenvalue weighted by Crippen LogP contribution is -2.35. The van der Waals surface area contributed by atoms with Gasteiger partial charge in [-0.15, -0.1) is 0 Å². The molecule has 0 spiro atoms. The molecule has 2 unspecified atom stereocenters. The molecular weight excluding hydrogens is 226 g/mol. The minimum absolute atomic E-state index is 0.565. The van der Waals surface area contributed by atoms with Crippen LogP contribution in [0.1, 0.15) is 45.2 Å². The van der Waals surface area contributed by atoms with Crippen LogP contribution in [0, 0.1) is 11.8 Å². The summed E-state index contributed by atoms with van der Waals surface area (Å²) in [6, 6.07) is 3.72. The Bertz CT molecular complexity index is 405. The standard InChI is InChI=1S/C15H23NO2/c1-11(2)12-6-4-8-15(17,10-12)14-13(18-3)7-5-9-16-14/h5,7,9,11-12,17H,4,6,8,10H2,1-3H3. The van der Waals surface area contributed by atoms with Crippen LogP contribution in [0.3, 0.4) is 0 Å². The summed E-state index contributed by atoms with van der Waals surface area (Å²) in [6.45, 7) is 4.46. The monoisotopic (exact) mass is 249 g/mol. The van der Waals surface area contributed by atoms with Crippen molar-refractivity contribution in [1.82, 2.24) is 4.98 Å². The Labute approximate surface area is 109 Å². The van der Waals surface area contributed by atoms with Gasteiger partial charge in [-0.2, -0.15) is 0 Å². The van der Waals surface area contributed by atoms with Crippen molar-refractivity contribution in [2.24, 2.45) is 11.8 Å². The summed E-state index contributed by atoms with van der Waals surface area (Å²) in [6.07, 6.45) is 5.56. The normalized spacial score (nSPS) is 28.4. The lowest BCUT2D eigenvalue weighted by Gasteiger charge is -2.38. The zero-order chi connectivity index (χ0) is 13.2. The van der Waals surface area contributed by atoms with Gasteiger partial charge in [-0.3, -0.25) is 4.98 Å². The van der Waals surface area contributed by atoms with Gasteiger partial charge in [0.2, 0.25) is 0 Å². The Kier molecular flexibility index (Phi) is 3.91. The van der Waals surface area contributed by atoms with E-state index in [-0.39, 0.29) is 0 Å². The predicted molar refractivity (Wildman–Crippen MR) is 71.5 cm³/mol. The summed E-state index contributed by atoms with van der Waals surface area (Å²) in [4.78, 5) is 4.36. The van der Waals surface area contributed by atoms with E-state index in [1.54, 1.807) is 13.3 Å². The summed E-state index contributed by atoms with van der Waals surface area (Å²) < 4.78 is 5.34. The van der Waals surface area contributed by atoms with Crippen molar-refractivity contribution in [3.05, 3.63) is 24.0 Å². The number of aliphatic hydroxyl groups is 1. The number of methoxy groups -OCH3 is 1. The second kappa shape index (κ2) is 5.27. The SMILES string of the molecule is COc1cccnc1C1(O)CCCC(C(C)C)C1. The molecule has 3 nitrogen and oxygen atoms in total. The maximum atomic E-state index is 10.9. The predicted octanol–water partition coefficient (Wildman–Crippen LogP) is 3.12. The van der Waals surface area contributed by atoms with Gasteiger partial charge in [0.15, 0.2) is 0 Å².